The van der Waals surface area contributed by atoms with Gasteiger partial charge in [-0.05, 0) is 29.8 Å². The number of benzene rings is 2. The van der Waals surface area contributed by atoms with Crippen molar-refractivity contribution >= 4 is 16.7 Å². The lowest BCUT2D eigenvalue weighted by Gasteiger charge is -2.04. The van der Waals surface area contributed by atoms with E-state index in [2.05, 4.69) is 0 Å². The highest BCUT2D eigenvalue weighted by Crippen LogP contribution is 2.37. The fourth-order valence-electron chi connectivity index (χ4n) is 2.58. The fraction of sp³-hybridized carbons (Fsp3) is 0.0588. The van der Waals surface area contributed by atoms with Crippen molar-refractivity contribution in [2.45, 2.75) is 0 Å². The van der Waals surface area contributed by atoms with Crippen LogP contribution in [0.25, 0.3) is 22.0 Å². The summed E-state index contributed by atoms with van der Waals surface area (Å²) in [6.45, 7) is 0. The second kappa shape index (κ2) is 5.28. The largest absolute Gasteiger partial charge is 0.497 e. The minimum absolute atomic E-state index is 0.143. The third kappa shape index (κ3) is 2.10. The van der Waals surface area contributed by atoms with E-state index in [0.717, 1.165) is 10.3 Å². The molecule has 1 aromatic heterocycles. The summed E-state index contributed by atoms with van der Waals surface area (Å²) in [5.74, 6) is 0.841. The van der Waals surface area contributed by atoms with Crippen LogP contribution in [0.4, 0.5) is 5.82 Å². The molecule has 0 atom stereocenters. The Labute approximate surface area is 132 Å². The topological polar surface area (TPSA) is 108 Å². The number of methoxy groups -OCH3 is 1. The number of hydrogen-bond acceptors (Lipinski definition) is 5. The van der Waals surface area contributed by atoms with Gasteiger partial charge in [-0.1, -0.05) is 12.1 Å². The summed E-state index contributed by atoms with van der Waals surface area (Å²) in [5, 5.41) is 29.1. The van der Waals surface area contributed by atoms with E-state index in [9.17, 15) is 10.5 Å². The molecule has 6 nitrogen and oxygen atoms in total. The maximum atomic E-state index is 10.2. The highest BCUT2D eigenvalue weighted by Gasteiger charge is 2.18. The lowest BCUT2D eigenvalue weighted by atomic mass is 10.00. The zero-order valence-electron chi connectivity index (χ0n) is 12.2. The quantitative estimate of drug-likeness (QED) is 0.708. The zero-order chi connectivity index (χ0) is 16.6. The number of nitrogens with two attached hydrogens (primary N) is 1. The van der Waals surface area contributed by atoms with Crippen LogP contribution in [-0.2, 0) is 0 Å². The molecule has 23 heavy (non-hydrogen) atoms. The Morgan fingerprint density at radius 3 is 2.26 bits per heavy atom. The maximum absolute atomic E-state index is 10.2. The van der Waals surface area contributed by atoms with Crippen LogP contribution in [0, 0.1) is 22.7 Å². The first-order valence-corrected chi connectivity index (χ1v) is 6.72. The molecule has 0 aliphatic rings. The number of fused-ring (bicyclic) bond motifs is 1. The molecule has 0 aliphatic heterocycles. The zero-order valence-corrected chi connectivity index (χ0v) is 12.2. The van der Waals surface area contributed by atoms with E-state index in [1.807, 2.05) is 24.3 Å². The summed E-state index contributed by atoms with van der Waals surface area (Å²) in [6.07, 6.45) is 0. The highest BCUT2D eigenvalue weighted by atomic mass is 16.5. The van der Waals surface area contributed by atoms with Gasteiger partial charge in [0.15, 0.2) is 0 Å². The van der Waals surface area contributed by atoms with E-state index in [0.29, 0.717) is 22.2 Å². The van der Waals surface area contributed by atoms with Gasteiger partial charge in [0.25, 0.3) is 0 Å². The van der Waals surface area contributed by atoms with Gasteiger partial charge in [0, 0.05) is 10.9 Å². The van der Waals surface area contributed by atoms with Crippen molar-refractivity contribution in [1.29, 1.82) is 10.5 Å². The van der Waals surface area contributed by atoms with Crippen LogP contribution in [0.15, 0.2) is 36.4 Å². The lowest BCUT2D eigenvalue weighted by molar-refractivity contribution is 0.206. The smallest absolute Gasteiger partial charge is 0.148 e. The monoisotopic (exact) mass is 304 g/mol. The Hall–Kier alpha value is -3.64. The molecular weight excluding hydrogens is 292 g/mol. The number of nitrogen functional groups attached to an aromatic ring is 1. The summed E-state index contributed by atoms with van der Waals surface area (Å²) in [6, 6.07) is 14.1. The minimum Gasteiger partial charge on any atom is -0.497 e. The molecule has 2 aromatic carbocycles. The molecule has 0 saturated heterocycles. The minimum atomic E-state index is 0.143. The van der Waals surface area contributed by atoms with Gasteiger partial charge >= 0.3 is 0 Å². The number of nitriles is 2. The van der Waals surface area contributed by atoms with Gasteiger partial charge in [-0.25, -0.2) is 0 Å². The van der Waals surface area contributed by atoms with Crippen LogP contribution in [0.3, 0.4) is 0 Å². The average Bonchev–Trinajstić information content (AvgIpc) is 2.84. The molecule has 0 bridgehead atoms. The van der Waals surface area contributed by atoms with Crippen molar-refractivity contribution in [3.63, 3.8) is 0 Å². The van der Waals surface area contributed by atoms with E-state index >= 15 is 0 Å². The van der Waals surface area contributed by atoms with Gasteiger partial charge in [0.2, 0.25) is 0 Å². The molecule has 112 valence electrons. The normalized spacial score (nSPS) is 10.2. The van der Waals surface area contributed by atoms with Crippen molar-refractivity contribution in [1.82, 2.24) is 4.73 Å². The number of nitrogens with zero attached hydrogens (tertiary/aromatic N) is 3. The molecule has 0 aliphatic carbocycles. The Morgan fingerprint density at radius 1 is 1.09 bits per heavy atom. The number of anilines is 1. The fourth-order valence-corrected chi connectivity index (χ4v) is 2.58. The van der Waals surface area contributed by atoms with Crippen LogP contribution in [-0.4, -0.2) is 17.0 Å². The summed E-state index contributed by atoms with van der Waals surface area (Å²) < 4.78 is 5.96. The first kappa shape index (κ1) is 14.3. The summed E-state index contributed by atoms with van der Waals surface area (Å²) in [5.41, 5.74) is 8.20. The molecule has 0 radical (unpaired) electrons. The van der Waals surface area contributed by atoms with E-state index < -0.39 is 0 Å². The van der Waals surface area contributed by atoms with E-state index in [1.54, 1.807) is 25.3 Å². The van der Waals surface area contributed by atoms with Gasteiger partial charge in [0.1, 0.15) is 23.7 Å². The molecule has 1 heterocycles. The molecule has 0 spiro atoms. The van der Waals surface area contributed by atoms with E-state index in [-0.39, 0.29) is 16.9 Å². The van der Waals surface area contributed by atoms with Crippen molar-refractivity contribution < 1.29 is 9.94 Å². The van der Waals surface area contributed by atoms with Crippen molar-refractivity contribution in [3.05, 3.63) is 47.5 Å². The predicted molar refractivity (Wildman–Crippen MR) is 85.0 cm³/mol. The van der Waals surface area contributed by atoms with Crippen LogP contribution in [0.1, 0.15) is 11.1 Å². The van der Waals surface area contributed by atoms with Crippen LogP contribution < -0.4 is 10.5 Å². The molecule has 6 heteroatoms. The second-order valence-electron chi connectivity index (χ2n) is 4.94. The number of aromatic nitrogens is 1. The Balaban J connectivity index is 2.34. The first-order valence-electron chi connectivity index (χ1n) is 6.72. The molecule has 3 rings (SSSR count). The average molecular weight is 304 g/mol. The van der Waals surface area contributed by atoms with Gasteiger partial charge in [0.05, 0.1) is 23.8 Å². The first-order chi connectivity index (χ1) is 11.1. The van der Waals surface area contributed by atoms with Crippen molar-refractivity contribution in [3.8, 4) is 29.0 Å². The third-order valence-corrected chi connectivity index (χ3v) is 3.74. The number of hydrogen-bond donors (Lipinski definition) is 2. The Bertz CT molecular complexity index is 989. The van der Waals surface area contributed by atoms with Gasteiger partial charge < -0.3 is 15.7 Å². The lowest BCUT2D eigenvalue weighted by Crippen LogP contribution is -1.98. The van der Waals surface area contributed by atoms with Crippen LogP contribution in [0.5, 0.6) is 5.75 Å². The summed E-state index contributed by atoms with van der Waals surface area (Å²) >= 11 is 0. The van der Waals surface area contributed by atoms with Crippen molar-refractivity contribution in [2.24, 2.45) is 0 Å². The molecule has 0 unspecified atom stereocenters. The Kier molecular flexibility index (Phi) is 3.29. The third-order valence-electron chi connectivity index (χ3n) is 3.74. The molecule has 3 N–H and O–H groups in total. The van der Waals surface area contributed by atoms with Crippen molar-refractivity contribution in [2.75, 3.05) is 12.8 Å². The standard InChI is InChI=1S/C17H12N4O2/c1-23-13-4-2-10(3-5-13)16-14-6-11(8-18)12(9-19)7-15(14)21(22)17(16)20/h2-7,22H,20H2,1H3. The SMILES string of the molecule is COc1ccc(-c2c(N)n(O)c3cc(C#N)c(C#N)cc23)cc1. The highest BCUT2D eigenvalue weighted by molar-refractivity contribution is 6.03. The number of rotatable bonds is 2. The molecule has 3 aromatic rings. The summed E-state index contributed by atoms with van der Waals surface area (Å²) in [7, 11) is 1.57. The van der Waals surface area contributed by atoms with Gasteiger partial charge in [-0.3, -0.25) is 0 Å². The van der Waals surface area contributed by atoms with Crippen LogP contribution >= 0.6 is 0 Å². The Morgan fingerprint density at radius 2 is 1.70 bits per heavy atom. The molecule has 0 amide bonds. The molecule has 0 saturated carbocycles. The number of ether oxygens (including phenoxy) is 1. The van der Waals surface area contributed by atoms with Gasteiger partial charge in [-0.15, -0.1) is 0 Å². The predicted octanol–water partition coefficient (Wildman–Crippen LogP) is 2.88. The van der Waals surface area contributed by atoms with E-state index in [4.69, 9.17) is 15.7 Å². The molecule has 0 fully saturated rings. The second-order valence-corrected chi connectivity index (χ2v) is 4.94. The molecular formula is C17H12N4O2. The summed E-state index contributed by atoms with van der Waals surface area (Å²) in [4.78, 5) is 0. The van der Waals surface area contributed by atoms with E-state index in [1.165, 1.54) is 6.07 Å². The van der Waals surface area contributed by atoms with Crippen LogP contribution in [0.2, 0.25) is 0 Å². The maximum Gasteiger partial charge on any atom is 0.148 e. The van der Waals surface area contributed by atoms with Gasteiger partial charge in [-0.2, -0.15) is 15.3 Å².